The lowest BCUT2D eigenvalue weighted by Gasteiger charge is -2.47. The van der Waals surface area contributed by atoms with Gasteiger partial charge in [-0.25, -0.2) is 0 Å². The largest absolute Gasteiger partial charge is 0.323 e. The molecule has 3 rings (SSSR count). The number of hydrogen-bond acceptors (Lipinski definition) is 5. The molecule has 2 fully saturated rings. The topological polar surface area (TPSA) is 72.9 Å². The van der Waals surface area contributed by atoms with Crippen molar-refractivity contribution in [1.29, 1.82) is 0 Å². The maximum absolute atomic E-state index is 6.25. The Morgan fingerprint density at radius 1 is 1.47 bits per heavy atom. The van der Waals surface area contributed by atoms with Gasteiger partial charge in [-0.2, -0.15) is 4.80 Å². The predicted octanol–water partition coefficient (Wildman–Crippen LogP) is -0.867. The van der Waals surface area contributed by atoms with Crippen LogP contribution in [0.4, 0.5) is 0 Å². The van der Waals surface area contributed by atoms with Gasteiger partial charge in [-0.05, 0) is 24.0 Å². The molecule has 6 nitrogen and oxygen atoms in total. The van der Waals surface area contributed by atoms with Crippen LogP contribution in [0, 0.1) is 5.92 Å². The molecule has 1 aliphatic carbocycles. The Morgan fingerprint density at radius 3 is 2.73 bits per heavy atom. The van der Waals surface area contributed by atoms with Gasteiger partial charge in [-0.3, -0.25) is 4.90 Å². The summed E-state index contributed by atoms with van der Waals surface area (Å²) >= 11 is 0. The minimum absolute atomic E-state index is 0.0855. The molecule has 6 heteroatoms. The highest BCUT2D eigenvalue weighted by Crippen LogP contribution is 2.43. The van der Waals surface area contributed by atoms with Crippen LogP contribution in [-0.4, -0.2) is 43.7 Å². The van der Waals surface area contributed by atoms with Gasteiger partial charge in [0.05, 0.1) is 13.6 Å². The number of aryl methyl sites for hydroxylation is 1. The molecule has 0 aromatic carbocycles. The normalized spacial score (nSPS) is 25.2. The fraction of sp³-hybridized carbons (Fsp3) is 0.889. The molecule has 1 aromatic rings. The summed E-state index contributed by atoms with van der Waals surface area (Å²) in [5.41, 5.74) is 6.34. The van der Waals surface area contributed by atoms with Crippen LogP contribution in [-0.2, 0) is 13.6 Å². The van der Waals surface area contributed by atoms with E-state index in [9.17, 15) is 0 Å². The Morgan fingerprint density at radius 2 is 2.20 bits per heavy atom. The van der Waals surface area contributed by atoms with Crippen LogP contribution in [0.3, 0.4) is 0 Å². The summed E-state index contributed by atoms with van der Waals surface area (Å²) in [6, 6.07) is 0. The van der Waals surface area contributed by atoms with E-state index < -0.39 is 0 Å². The summed E-state index contributed by atoms with van der Waals surface area (Å²) in [7, 11) is 1.78. The number of rotatable bonds is 3. The number of tetrazole rings is 1. The van der Waals surface area contributed by atoms with Gasteiger partial charge in [0, 0.05) is 18.6 Å². The molecule has 1 saturated heterocycles. The van der Waals surface area contributed by atoms with Crippen LogP contribution in [0.5, 0.6) is 0 Å². The van der Waals surface area contributed by atoms with E-state index in [1.165, 1.54) is 17.6 Å². The minimum Gasteiger partial charge on any atom is -0.323 e. The summed E-state index contributed by atoms with van der Waals surface area (Å²) < 4.78 is 0. The lowest BCUT2D eigenvalue weighted by molar-refractivity contribution is 0.0455. The van der Waals surface area contributed by atoms with E-state index in [1.807, 2.05) is 0 Å². The van der Waals surface area contributed by atoms with Gasteiger partial charge in [0.15, 0.2) is 5.82 Å². The van der Waals surface area contributed by atoms with E-state index >= 15 is 0 Å². The summed E-state index contributed by atoms with van der Waals surface area (Å²) in [5, 5.41) is 11.9. The Balaban J connectivity index is 1.55. The maximum Gasteiger partial charge on any atom is 0.188 e. The van der Waals surface area contributed by atoms with Crippen LogP contribution in [0.1, 0.15) is 18.7 Å². The van der Waals surface area contributed by atoms with E-state index in [0.717, 1.165) is 31.4 Å². The van der Waals surface area contributed by atoms with Crippen molar-refractivity contribution in [3.63, 3.8) is 0 Å². The van der Waals surface area contributed by atoms with Gasteiger partial charge in [0.1, 0.15) is 0 Å². The van der Waals surface area contributed by atoms with Crippen molar-refractivity contribution in [2.24, 2.45) is 18.7 Å². The van der Waals surface area contributed by atoms with Crippen molar-refractivity contribution >= 4 is 0 Å². The molecular weight excluding hydrogens is 192 g/mol. The summed E-state index contributed by atoms with van der Waals surface area (Å²) in [6.07, 6.45) is 2.63. The van der Waals surface area contributed by atoms with Gasteiger partial charge in [-0.15, -0.1) is 10.2 Å². The van der Waals surface area contributed by atoms with E-state index in [0.29, 0.717) is 0 Å². The third-order valence-electron chi connectivity index (χ3n) is 3.34. The number of aromatic nitrogens is 4. The van der Waals surface area contributed by atoms with Gasteiger partial charge in [0.2, 0.25) is 0 Å². The predicted molar refractivity (Wildman–Crippen MR) is 53.7 cm³/mol. The standard InChI is InChI=1S/C9H16N6/c1-14-12-8(11-13-14)4-15-5-9(10,6-15)7-2-3-7/h7H,2-6,10H2,1H3. The first-order chi connectivity index (χ1) is 7.16. The van der Waals surface area contributed by atoms with Gasteiger partial charge in [-0.1, -0.05) is 0 Å². The average Bonchev–Trinajstić information content (AvgIpc) is 2.90. The summed E-state index contributed by atoms with van der Waals surface area (Å²) in [6.45, 7) is 2.74. The van der Waals surface area contributed by atoms with Crippen LogP contribution >= 0.6 is 0 Å². The molecule has 0 amide bonds. The van der Waals surface area contributed by atoms with Crippen molar-refractivity contribution in [3.05, 3.63) is 5.82 Å². The van der Waals surface area contributed by atoms with E-state index in [1.54, 1.807) is 7.05 Å². The zero-order chi connectivity index (χ0) is 10.5. The van der Waals surface area contributed by atoms with Crippen LogP contribution in [0.2, 0.25) is 0 Å². The Bertz CT molecular complexity index is 362. The molecule has 0 atom stereocenters. The molecule has 0 spiro atoms. The van der Waals surface area contributed by atoms with Crippen LogP contribution in [0.15, 0.2) is 0 Å². The maximum atomic E-state index is 6.25. The van der Waals surface area contributed by atoms with E-state index in [4.69, 9.17) is 5.73 Å². The zero-order valence-electron chi connectivity index (χ0n) is 8.93. The van der Waals surface area contributed by atoms with Crippen LogP contribution < -0.4 is 5.73 Å². The van der Waals surface area contributed by atoms with Gasteiger partial charge in [0.25, 0.3) is 0 Å². The Labute approximate surface area is 88.4 Å². The average molecular weight is 208 g/mol. The molecule has 0 bridgehead atoms. The molecule has 1 aromatic heterocycles. The summed E-state index contributed by atoms with van der Waals surface area (Å²) in [5.74, 6) is 1.55. The third-order valence-corrected chi connectivity index (χ3v) is 3.34. The monoisotopic (exact) mass is 208 g/mol. The summed E-state index contributed by atoms with van der Waals surface area (Å²) in [4.78, 5) is 3.78. The highest BCUT2D eigenvalue weighted by Gasteiger charge is 2.50. The number of nitrogens with zero attached hydrogens (tertiary/aromatic N) is 5. The number of nitrogens with two attached hydrogens (primary N) is 1. The lowest BCUT2D eigenvalue weighted by Crippen LogP contribution is -2.68. The molecule has 82 valence electrons. The first-order valence-corrected chi connectivity index (χ1v) is 5.40. The minimum atomic E-state index is 0.0855. The second-order valence-electron chi connectivity index (χ2n) is 4.85. The molecule has 1 aliphatic heterocycles. The Hall–Kier alpha value is -1.01. The van der Waals surface area contributed by atoms with Crippen molar-refractivity contribution in [2.75, 3.05) is 13.1 Å². The molecular formula is C9H16N6. The highest BCUT2D eigenvalue weighted by molar-refractivity contribution is 5.09. The number of hydrogen-bond donors (Lipinski definition) is 1. The number of likely N-dealkylation sites (tertiary alicyclic amines) is 1. The van der Waals surface area contributed by atoms with Crippen molar-refractivity contribution in [3.8, 4) is 0 Å². The Kier molecular flexibility index (Phi) is 1.84. The van der Waals surface area contributed by atoms with Crippen LogP contribution in [0.25, 0.3) is 0 Å². The van der Waals surface area contributed by atoms with Gasteiger partial charge >= 0.3 is 0 Å². The fourth-order valence-electron chi connectivity index (χ4n) is 2.40. The van der Waals surface area contributed by atoms with E-state index in [-0.39, 0.29) is 5.54 Å². The van der Waals surface area contributed by atoms with E-state index in [2.05, 4.69) is 20.3 Å². The molecule has 2 N–H and O–H groups in total. The molecule has 2 aliphatic rings. The first kappa shape index (κ1) is 9.23. The van der Waals surface area contributed by atoms with Crippen molar-refractivity contribution in [1.82, 2.24) is 25.1 Å². The SMILES string of the molecule is Cn1nnc(CN2CC(N)(C3CC3)C2)n1. The zero-order valence-corrected chi connectivity index (χ0v) is 8.93. The molecule has 1 saturated carbocycles. The second kappa shape index (κ2) is 2.99. The highest BCUT2D eigenvalue weighted by atomic mass is 15.6. The quantitative estimate of drug-likeness (QED) is 0.699. The van der Waals surface area contributed by atoms with Gasteiger partial charge < -0.3 is 5.73 Å². The van der Waals surface area contributed by atoms with Crippen molar-refractivity contribution in [2.45, 2.75) is 24.9 Å². The molecule has 2 heterocycles. The lowest BCUT2D eigenvalue weighted by atomic mass is 9.86. The molecule has 15 heavy (non-hydrogen) atoms. The third kappa shape index (κ3) is 1.63. The van der Waals surface area contributed by atoms with Crippen molar-refractivity contribution < 1.29 is 0 Å². The second-order valence-corrected chi connectivity index (χ2v) is 4.85. The first-order valence-electron chi connectivity index (χ1n) is 5.40. The smallest absolute Gasteiger partial charge is 0.188 e. The molecule has 0 unspecified atom stereocenters. The molecule has 0 radical (unpaired) electrons. The fourth-order valence-corrected chi connectivity index (χ4v) is 2.40.